The van der Waals surface area contributed by atoms with Gasteiger partial charge >= 0.3 is 0 Å². The maximum atomic E-state index is 12.7. The van der Waals surface area contributed by atoms with E-state index in [1.807, 2.05) is 54.6 Å². The molecule has 2 aromatic heterocycles. The second kappa shape index (κ2) is 6.92. The van der Waals surface area contributed by atoms with Crippen molar-refractivity contribution < 1.29 is 9.59 Å². The highest BCUT2D eigenvalue weighted by molar-refractivity contribution is 6.08. The fourth-order valence-electron chi connectivity index (χ4n) is 3.14. The van der Waals surface area contributed by atoms with E-state index in [-0.39, 0.29) is 18.4 Å². The lowest BCUT2D eigenvalue weighted by Gasteiger charge is -2.17. The van der Waals surface area contributed by atoms with Crippen LogP contribution in [-0.4, -0.2) is 40.3 Å². The van der Waals surface area contributed by atoms with Crippen LogP contribution in [0.5, 0.6) is 0 Å². The first-order chi connectivity index (χ1) is 13.1. The number of carbonyl (C=O) groups is 2. The summed E-state index contributed by atoms with van der Waals surface area (Å²) in [4.78, 5) is 34.0. The molecule has 0 atom stereocenters. The highest BCUT2D eigenvalue weighted by Crippen LogP contribution is 2.22. The van der Waals surface area contributed by atoms with Crippen LogP contribution in [0.4, 0.5) is 5.69 Å². The lowest BCUT2D eigenvalue weighted by atomic mass is 10.1. The number of carbonyl (C=O) groups excluding carboxylic acids is 2. The monoisotopic (exact) mass is 358 g/mol. The van der Waals surface area contributed by atoms with Gasteiger partial charge in [-0.25, -0.2) is 0 Å². The van der Waals surface area contributed by atoms with Crippen LogP contribution in [0.25, 0.3) is 21.8 Å². The van der Waals surface area contributed by atoms with Crippen molar-refractivity contribution >= 4 is 39.3 Å². The van der Waals surface area contributed by atoms with Crippen LogP contribution in [0.2, 0.25) is 0 Å². The Hall–Kier alpha value is -3.67. The number of aromatic amines is 1. The molecule has 6 heteroatoms. The zero-order chi connectivity index (χ0) is 18.8. The van der Waals surface area contributed by atoms with Crippen LogP contribution in [0, 0.1) is 0 Å². The molecule has 0 saturated heterocycles. The van der Waals surface area contributed by atoms with Gasteiger partial charge in [0.15, 0.2) is 0 Å². The van der Waals surface area contributed by atoms with Crippen LogP contribution in [0.1, 0.15) is 10.4 Å². The molecule has 0 saturated carbocycles. The van der Waals surface area contributed by atoms with E-state index in [1.165, 1.54) is 4.90 Å². The molecule has 2 amide bonds. The summed E-state index contributed by atoms with van der Waals surface area (Å²) >= 11 is 0. The molecule has 0 aliphatic heterocycles. The summed E-state index contributed by atoms with van der Waals surface area (Å²) < 4.78 is 0. The van der Waals surface area contributed by atoms with Crippen LogP contribution >= 0.6 is 0 Å². The van der Waals surface area contributed by atoms with Crippen molar-refractivity contribution in [3.63, 3.8) is 0 Å². The Morgan fingerprint density at radius 2 is 1.85 bits per heavy atom. The Labute approximate surface area is 155 Å². The van der Waals surface area contributed by atoms with E-state index in [1.54, 1.807) is 19.4 Å². The van der Waals surface area contributed by atoms with Gasteiger partial charge in [0.1, 0.15) is 0 Å². The van der Waals surface area contributed by atoms with E-state index in [0.29, 0.717) is 11.3 Å². The number of anilines is 1. The Kier molecular flexibility index (Phi) is 4.30. The van der Waals surface area contributed by atoms with Gasteiger partial charge in [-0.1, -0.05) is 24.3 Å². The maximum Gasteiger partial charge on any atom is 0.256 e. The molecule has 0 aliphatic rings. The topological polar surface area (TPSA) is 78.1 Å². The van der Waals surface area contributed by atoms with E-state index >= 15 is 0 Å². The van der Waals surface area contributed by atoms with Gasteiger partial charge in [-0.2, -0.15) is 0 Å². The quantitative estimate of drug-likeness (QED) is 0.587. The number of likely N-dealkylation sites (N-methyl/N-ethyl adjacent to an activating group) is 1. The van der Waals surface area contributed by atoms with Crippen molar-refractivity contribution in [3.8, 4) is 0 Å². The molecule has 6 nitrogen and oxygen atoms in total. The number of nitrogens with one attached hydrogen (secondary N) is 2. The number of fused-ring (bicyclic) bond motifs is 2. The zero-order valence-corrected chi connectivity index (χ0v) is 14.8. The second-order valence-electron chi connectivity index (χ2n) is 6.33. The lowest BCUT2D eigenvalue weighted by molar-refractivity contribution is -0.116. The van der Waals surface area contributed by atoms with E-state index in [2.05, 4.69) is 15.3 Å². The number of amides is 2. The normalized spacial score (nSPS) is 10.9. The van der Waals surface area contributed by atoms with Crippen molar-refractivity contribution in [2.24, 2.45) is 0 Å². The van der Waals surface area contributed by atoms with Crippen molar-refractivity contribution in [2.75, 3.05) is 18.9 Å². The number of pyridine rings is 1. The van der Waals surface area contributed by atoms with E-state index in [9.17, 15) is 9.59 Å². The van der Waals surface area contributed by atoms with Gasteiger partial charge in [0.2, 0.25) is 5.91 Å². The smallest absolute Gasteiger partial charge is 0.256 e. The summed E-state index contributed by atoms with van der Waals surface area (Å²) in [5, 5.41) is 4.58. The third kappa shape index (κ3) is 3.25. The SMILES string of the molecule is CN(CC(=O)Nc1cccc2ncccc12)C(=O)c1c[nH]c2ccccc12. The van der Waals surface area contributed by atoms with Crippen molar-refractivity contribution in [1.29, 1.82) is 0 Å². The first-order valence-electron chi connectivity index (χ1n) is 8.58. The lowest BCUT2D eigenvalue weighted by Crippen LogP contribution is -2.34. The summed E-state index contributed by atoms with van der Waals surface area (Å²) in [7, 11) is 1.62. The molecule has 2 heterocycles. The number of para-hydroxylation sites is 1. The Bertz CT molecular complexity index is 1140. The van der Waals surface area contributed by atoms with Gasteiger partial charge in [-0.15, -0.1) is 0 Å². The number of nitrogens with zero attached hydrogens (tertiary/aromatic N) is 2. The van der Waals surface area contributed by atoms with Crippen molar-refractivity contribution in [3.05, 3.63) is 72.6 Å². The molecule has 2 aromatic carbocycles. The standard InChI is InChI=1S/C21H18N4O2/c1-25(21(27)16-12-23-17-8-3-2-6-14(16)17)13-20(26)24-19-10-4-9-18-15(19)7-5-11-22-18/h2-12,23H,13H2,1H3,(H,24,26). The first-order valence-corrected chi connectivity index (χ1v) is 8.58. The molecule has 27 heavy (non-hydrogen) atoms. The van der Waals surface area contributed by atoms with Crippen LogP contribution in [0.15, 0.2) is 67.0 Å². The summed E-state index contributed by atoms with van der Waals surface area (Å²) in [6.07, 6.45) is 3.39. The third-order valence-corrected chi connectivity index (χ3v) is 4.47. The molecular weight excluding hydrogens is 340 g/mol. The highest BCUT2D eigenvalue weighted by atomic mass is 16.2. The summed E-state index contributed by atoms with van der Waals surface area (Å²) in [6.45, 7) is -0.0466. The number of aromatic nitrogens is 2. The van der Waals surface area contributed by atoms with Crippen molar-refractivity contribution in [1.82, 2.24) is 14.9 Å². The molecule has 0 aliphatic carbocycles. The number of benzene rings is 2. The Morgan fingerprint density at radius 1 is 1.04 bits per heavy atom. The van der Waals surface area contributed by atoms with Crippen molar-refractivity contribution in [2.45, 2.75) is 0 Å². The minimum absolute atomic E-state index is 0.0466. The predicted octanol–water partition coefficient (Wildman–Crippen LogP) is 3.43. The Morgan fingerprint density at radius 3 is 2.74 bits per heavy atom. The number of hydrogen-bond acceptors (Lipinski definition) is 3. The average molecular weight is 358 g/mol. The van der Waals surface area contributed by atoms with Crippen LogP contribution < -0.4 is 5.32 Å². The Balaban J connectivity index is 1.50. The summed E-state index contributed by atoms with van der Waals surface area (Å²) in [5.41, 5.74) is 2.93. The van der Waals surface area contributed by atoms with E-state index in [0.717, 1.165) is 21.8 Å². The molecule has 0 fully saturated rings. The minimum atomic E-state index is -0.262. The van der Waals surface area contributed by atoms with Gasteiger partial charge < -0.3 is 15.2 Å². The number of rotatable bonds is 4. The van der Waals surface area contributed by atoms with Crippen LogP contribution in [-0.2, 0) is 4.79 Å². The fourth-order valence-corrected chi connectivity index (χ4v) is 3.14. The van der Waals surface area contributed by atoms with Gasteiger partial charge in [0, 0.05) is 35.7 Å². The molecule has 4 aromatic rings. The fraction of sp³-hybridized carbons (Fsp3) is 0.0952. The third-order valence-electron chi connectivity index (χ3n) is 4.47. The molecule has 4 rings (SSSR count). The molecule has 0 bridgehead atoms. The number of hydrogen-bond donors (Lipinski definition) is 2. The van der Waals surface area contributed by atoms with E-state index in [4.69, 9.17) is 0 Å². The van der Waals surface area contributed by atoms with Gasteiger partial charge in [0.05, 0.1) is 23.3 Å². The molecule has 134 valence electrons. The zero-order valence-electron chi connectivity index (χ0n) is 14.8. The van der Waals surface area contributed by atoms with Gasteiger partial charge in [0.25, 0.3) is 5.91 Å². The molecule has 0 unspecified atom stereocenters. The summed E-state index contributed by atoms with van der Waals surface area (Å²) in [5.74, 6) is -0.468. The predicted molar refractivity (Wildman–Crippen MR) is 106 cm³/mol. The van der Waals surface area contributed by atoms with Gasteiger partial charge in [-0.3, -0.25) is 14.6 Å². The molecule has 0 spiro atoms. The second-order valence-corrected chi connectivity index (χ2v) is 6.33. The van der Waals surface area contributed by atoms with Crippen LogP contribution in [0.3, 0.4) is 0 Å². The largest absolute Gasteiger partial charge is 0.360 e. The van der Waals surface area contributed by atoms with Gasteiger partial charge in [-0.05, 0) is 30.3 Å². The number of H-pyrrole nitrogens is 1. The highest BCUT2D eigenvalue weighted by Gasteiger charge is 2.18. The molecule has 0 radical (unpaired) electrons. The minimum Gasteiger partial charge on any atom is -0.360 e. The average Bonchev–Trinajstić information content (AvgIpc) is 3.11. The summed E-state index contributed by atoms with van der Waals surface area (Å²) in [6, 6.07) is 16.9. The first kappa shape index (κ1) is 16.8. The molecular formula is C21H18N4O2. The maximum absolute atomic E-state index is 12.7. The molecule has 2 N–H and O–H groups in total. The van der Waals surface area contributed by atoms with E-state index < -0.39 is 0 Å².